The molecule has 26 heavy (non-hydrogen) atoms. The van der Waals surface area contributed by atoms with Crippen LogP contribution in [0, 0.1) is 6.92 Å². The van der Waals surface area contributed by atoms with Gasteiger partial charge in [-0.15, -0.1) is 0 Å². The number of hydrogen-bond donors (Lipinski definition) is 2. The van der Waals surface area contributed by atoms with Gasteiger partial charge in [-0.05, 0) is 17.8 Å². The van der Waals surface area contributed by atoms with Gasteiger partial charge in [-0.1, -0.05) is 59.2 Å². The number of ether oxygens (including phenoxy) is 1. The van der Waals surface area contributed by atoms with E-state index in [1.54, 1.807) is 6.33 Å². The maximum atomic E-state index is 6.40. The van der Waals surface area contributed by atoms with Gasteiger partial charge in [0.1, 0.15) is 11.3 Å². The fourth-order valence-electron chi connectivity index (χ4n) is 2.99. The summed E-state index contributed by atoms with van der Waals surface area (Å²) in [6, 6.07) is 4.36. The molecule has 3 aromatic rings. The number of fused-ring (bicyclic) bond motifs is 1. The van der Waals surface area contributed by atoms with Crippen molar-refractivity contribution in [1.82, 2.24) is 19.9 Å². The number of nitrogens with zero attached hydrogens (tertiary/aromatic N) is 3. The average Bonchev–Trinajstić information content (AvgIpc) is 2.94. The van der Waals surface area contributed by atoms with Crippen LogP contribution in [-0.4, -0.2) is 19.9 Å². The number of rotatable bonds is 2. The number of aromatic amines is 1. The predicted molar refractivity (Wildman–Crippen MR) is 105 cm³/mol. The van der Waals surface area contributed by atoms with E-state index in [-0.39, 0.29) is 16.8 Å². The van der Waals surface area contributed by atoms with E-state index in [9.17, 15) is 0 Å². The maximum Gasteiger partial charge on any atom is 0.250 e. The summed E-state index contributed by atoms with van der Waals surface area (Å²) in [5.74, 6) is 1.36. The lowest BCUT2D eigenvalue weighted by molar-refractivity contribution is 0.423. The van der Waals surface area contributed by atoms with Gasteiger partial charge >= 0.3 is 0 Å². The highest BCUT2D eigenvalue weighted by Crippen LogP contribution is 2.43. The average molecular weight is 353 g/mol. The van der Waals surface area contributed by atoms with E-state index in [1.807, 2.05) is 0 Å². The third-order valence-corrected chi connectivity index (χ3v) is 4.32. The summed E-state index contributed by atoms with van der Waals surface area (Å²) in [6.07, 6.45) is 1.57. The van der Waals surface area contributed by atoms with Crippen molar-refractivity contribution in [2.75, 3.05) is 5.73 Å². The Hall–Kier alpha value is -2.63. The zero-order chi connectivity index (χ0) is 19.3. The molecule has 0 unspecified atom stereocenters. The van der Waals surface area contributed by atoms with Gasteiger partial charge in [0.15, 0.2) is 5.65 Å². The van der Waals surface area contributed by atoms with Crippen molar-refractivity contribution in [3.63, 3.8) is 0 Å². The SMILES string of the molecule is Cc1cc(C(C)(C)C)c(Oc2nc(N)nc3nc[nH]c23)c(C(C)(C)C)c1. The molecule has 0 saturated carbocycles. The van der Waals surface area contributed by atoms with Gasteiger partial charge in [0, 0.05) is 11.1 Å². The zero-order valence-corrected chi connectivity index (χ0v) is 16.6. The van der Waals surface area contributed by atoms with Crippen molar-refractivity contribution < 1.29 is 4.74 Å². The number of anilines is 1. The molecule has 3 N–H and O–H groups in total. The minimum absolute atomic E-state index is 0.0902. The van der Waals surface area contributed by atoms with Gasteiger partial charge in [-0.25, -0.2) is 4.98 Å². The molecule has 0 spiro atoms. The summed E-state index contributed by atoms with van der Waals surface area (Å²) in [7, 11) is 0. The Morgan fingerprint density at radius 1 is 0.962 bits per heavy atom. The van der Waals surface area contributed by atoms with Gasteiger partial charge in [-0.2, -0.15) is 9.97 Å². The third kappa shape index (κ3) is 3.36. The number of aryl methyl sites for hydroxylation is 1. The second kappa shape index (κ2) is 5.97. The Morgan fingerprint density at radius 2 is 1.54 bits per heavy atom. The van der Waals surface area contributed by atoms with Gasteiger partial charge in [-0.3, -0.25) is 0 Å². The van der Waals surface area contributed by atoms with Crippen LogP contribution < -0.4 is 10.5 Å². The van der Waals surface area contributed by atoms with E-state index < -0.39 is 0 Å². The summed E-state index contributed by atoms with van der Waals surface area (Å²) in [5.41, 5.74) is 10.3. The number of hydrogen-bond acceptors (Lipinski definition) is 5. The highest BCUT2D eigenvalue weighted by molar-refractivity contribution is 5.77. The first-order valence-corrected chi connectivity index (χ1v) is 8.77. The quantitative estimate of drug-likeness (QED) is 0.701. The Morgan fingerprint density at radius 3 is 2.08 bits per heavy atom. The molecule has 0 aliphatic heterocycles. The highest BCUT2D eigenvalue weighted by Gasteiger charge is 2.28. The van der Waals surface area contributed by atoms with Crippen LogP contribution in [0.15, 0.2) is 18.5 Å². The summed E-state index contributed by atoms with van der Waals surface area (Å²) in [6.45, 7) is 15.2. The molecule has 0 radical (unpaired) electrons. The number of nitrogens with one attached hydrogen (secondary N) is 1. The van der Waals surface area contributed by atoms with E-state index in [2.05, 4.69) is 80.5 Å². The fraction of sp³-hybridized carbons (Fsp3) is 0.450. The molecule has 0 saturated heterocycles. The molecule has 0 aliphatic rings. The largest absolute Gasteiger partial charge is 0.436 e. The van der Waals surface area contributed by atoms with Crippen molar-refractivity contribution in [3.05, 3.63) is 35.2 Å². The summed E-state index contributed by atoms with van der Waals surface area (Å²) >= 11 is 0. The molecular weight excluding hydrogens is 326 g/mol. The fourth-order valence-corrected chi connectivity index (χ4v) is 2.99. The predicted octanol–water partition coefficient (Wildman–Crippen LogP) is 4.63. The van der Waals surface area contributed by atoms with Gasteiger partial charge in [0.2, 0.25) is 5.95 Å². The van der Waals surface area contributed by atoms with E-state index in [1.165, 1.54) is 5.56 Å². The number of nitrogen functional groups attached to an aromatic ring is 1. The van der Waals surface area contributed by atoms with Crippen molar-refractivity contribution in [1.29, 1.82) is 0 Å². The normalized spacial score (nSPS) is 12.6. The number of nitrogens with two attached hydrogens (primary N) is 1. The molecule has 0 amide bonds. The summed E-state index contributed by atoms with van der Waals surface area (Å²) < 4.78 is 6.40. The molecular formula is C20H27N5O. The van der Waals surface area contributed by atoms with Gasteiger partial charge in [0.25, 0.3) is 5.88 Å². The molecule has 6 nitrogen and oxygen atoms in total. The second-order valence-electron chi connectivity index (χ2n) is 8.78. The topological polar surface area (TPSA) is 89.7 Å². The van der Waals surface area contributed by atoms with Crippen LogP contribution in [0.1, 0.15) is 58.2 Å². The van der Waals surface area contributed by atoms with Crippen molar-refractivity contribution in [2.24, 2.45) is 0 Å². The minimum atomic E-state index is -0.0902. The molecule has 0 bridgehead atoms. The lowest BCUT2D eigenvalue weighted by atomic mass is 9.78. The summed E-state index contributed by atoms with van der Waals surface area (Å²) in [4.78, 5) is 15.7. The van der Waals surface area contributed by atoms with Crippen molar-refractivity contribution >= 4 is 17.1 Å². The molecule has 0 fully saturated rings. The van der Waals surface area contributed by atoms with Crippen molar-refractivity contribution in [2.45, 2.75) is 59.3 Å². The summed E-state index contributed by atoms with van der Waals surface area (Å²) in [5, 5.41) is 0. The van der Waals surface area contributed by atoms with Gasteiger partial charge in [0.05, 0.1) is 6.33 Å². The number of imidazole rings is 1. The number of aromatic nitrogens is 4. The second-order valence-corrected chi connectivity index (χ2v) is 8.78. The van der Waals surface area contributed by atoms with Crippen LogP contribution >= 0.6 is 0 Å². The van der Waals surface area contributed by atoms with Crippen LogP contribution in [0.4, 0.5) is 5.95 Å². The highest BCUT2D eigenvalue weighted by atomic mass is 16.5. The molecule has 138 valence electrons. The monoisotopic (exact) mass is 353 g/mol. The lowest BCUT2D eigenvalue weighted by Crippen LogP contribution is -2.19. The van der Waals surface area contributed by atoms with E-state index in [0.717, 1.165) is 16.9 Å². The smallest absolute Gasteiger partial charge is 0.250 e. The molecule has 0 aliphatic carbocycles. The molecule has 1 aromatic carbocycles. The third-order valence-electron chi connectivity index (χ3n) is 4.32. The van der Waals surface area contributed by atoms with E-state index >= 15 is 0 Å². The van der Waals surface area contributed by atoms with Crippen LogP contribution in [0.25, 0.3) is 11.2 Å². The van der Waals surface area contributed by atoms with Gasteiger partial charge < -0.3 is 15.5 Å². The number of H-pyrrole nitrogens is 1. The van der Waals surface area contributed by atoms with Crippen LogP contribution in [0.3, 0.4) is 0 Å². The van der Waals surface area contributed by atoms with E-state index in [4.69, 9.17) is 10.5 Å². The first-order valence-electron chi connectivity index (χ1n) is 8.77. The molecule has 0 atom stereocenters. The van der Waals surface area contributed by atoms with Crippen LogP contribution in [0.2, 0.25) is 0 Å². The Bertz CT molecular complexity index is 925. The first-order chi connectivity index (χ1) is 12.0. The standard InChI is InChI=1S/C20H27N5O/c1-11-8-12(19(2,3)4)15(13(9-11)20(5,6)7)26-17-14-16(23-10-22-14)24-18(21)25-17/h8-10H,1-7H3,(H3,21,22,23,24,25). The minimum Gasteiger partial charge on any atom is -0.436 e. The van der Waals surface area contributed by atoms with E-state index in [0.29, 0.717) is 17.0 Å². The first kappa shape index (κ1) is 18.2. The Kier molecular flexibility index (Phi) is 4.17. The molecule has 3 rings (SSSR count). The molecule has 2 heterocycles. The van der Waals surface area contributed by atoms with Crippen LogP contribution in [0.5, 0.6) is 11.6 Å². The maximum absolute atomic E-state index is 6.40. The Labute approximate surface area is 154 Å². The number of benzene rings is 1. The zero-order valence-electron chi connectivity index (χ0n) is 16.6. The van der Waals surface area contributed by atoms with Crippen molar-refractivity contribution in [3.8, 4) is 11.6 Å². The Balaban J connectivity index is 2.27. The molecule has 6 heteroatoms. The lowest BCUT2D eigenvalue weighted by Gasteiger charge is -2.30. The molecule has 2 aromatic heterocycles. The van der Waals surface area contributed by atoms with Crippen LogP contribution in [-0.2, 0) is 10.8 Å².